The Bertz CT molecular complexity index is 965. The summed E-state index contributed by atoms with van der Waals surface area (Å²) >= 11 is 0. The van der Waals surface area contributed by atoms with Crippen LogP contribution < -0.4 is 4.74 Å². The Labute approximate surface area is 172 Å². The molecule has 0 atom stereocenters. The van der Waals surface area contributed by atoms with Gasteiger partial charge in [-0.2, -0.15) is 9.49 Å². The highest BCUT2D eigenvalue weighted by atomic mass is 28.3. The first-order valence-corrected chi connectivity index (χ1v) is 13.4. The van der Waals surface area contributed by atoms with Crippen molar-refractivity contribution in [3.05, 3.63) is 54.1 Å². The minimum Gasteiger partial charge on any atom is -0.497 e. The fourth-order valence-electron chi connectivity index (χ4n) is 2.83. The number of hydrogen-bond donors (Lipinski definition) is 0. The molecule has 0 aliphatic carbocycles. The van der Waals surface area contributed by atoms with E-state index in [0.717, 1.165) is 28.6 Å². The molecule has 0 saturated carbocycles. The second-order valence-corrected chi connectivity index (χ2v) is 13.9. The van der Waals surface area contributed by atoms with Gasteiger partial charge in [-0.3, -0.25) is 0 Å². The van der Waals surface area contributed by atoms with E-state index in [4.69, 9.17) is 14.6 Å². The summed E-state index contributed by atoms with van der Waals surface area (Å²) in [7, 11) is 0.486. The zero-order chi connectivity index (χ0) is 21.0. The highest BCUT2D eigenvalue weighted by Gasteiger charge is 2.17. The van der Waals surface area contributed by atoms with Gasteiger partial charge in [0.1, 0.15) is 18.2 Å². The number of aromatic nitrogens is 3. The van der Waals surface area contributed by atoms with E-state index in [9.17, 15) is 4.39 Å². The van der Waals surface area contributed by atoms with E-state index in [1.807, 2.05) is 36.5 Å². The van der Waals surface area contributed by atoms with Crippen molar-refractivity contribution in [1.82, 2.24) is 14.8 Å². The molecular formula is C22H28FN3O2Si. The van der Waals surface area contributed by atoms with E-state index >= 15 is 0 Å². The molecule has 0 fully saturated rings. The third-order valence-corrected chi connectivity index (χ3v) is 6.36. The highest BCUT2D eigenvalue weighted by molar-refractivity contribution is 6.76. The number of rotatable bonds is 8. The minimum absolute atomic E-state index is 0.349. The summed E-state index contributed by atoms with van der Waals surface area (Å²) in [5.41, 5.74) is 3.47. The predicted molar refractivity (Wildman–Crippen MR) is 116 cm³/mol. The second-order valence-electron chi connectivity index (χ2n) is 8.31. The van der Waals surface area contributed by atoms with Gasteiger partial charge in [0.2, 0.25) is 5.95 Å². The molecule has 0 radical (unpaired) electrons. The van der Waals surface area contributed by atoms with Gasteiger partial charge in [0.05, 0.1) is 12.8 Å². The molecule has 5 nitrogen and oxygen atoms in total. The van der Waals surface area contributed by atoms with Crippen LogP contribution in [0.5, 0.6) is 5.75 Å². The Morgan fingerprint density at radius 2 is 1.79 bits per heavy atom. The summed E-state index contributed by atoms with van der Waals surface area (Å²) in [6, 6.07) is 12.3. The Hall–Kier alpha value is -2.51. The molecule has 1 aromatic carbocycles. The van der Waals surface area contributed by atoms with E-state index in [1.165, 1.54) is 0 Å². The smallest absolute Gasteiger partial charge is 0.216 e. The number of hydrogen-bond acceptors (Lipinski definition) is 4. The molecular weight excluding hydrogens is 385 g/mol. The van der Waals surface area contributed by atoms with Crippen LogP contribution in [0.1, 0.15) is 5.56 Å². The van der Waals surface area contributed by atoms with Gasteiger partial charge in [-0.05, 0) is 43.3 Å². The summed E-state index contributed by atoms with van der Waals surface area (Å²) in [5.74, 6) is 0.297. The highest BCUT2D eigenvalue weighted by Crippen LogP contribution is 2.31. The van der Waals surface area contributed by atoms with Crippen LogP contribution in [-0.2, 0) is 11.5 Å². The lowest BCUT2D eigenvalue weighted by Crippen LogP contribution is -2.22. The number of nitrogens with zero attached hydrogens (tertiary/aromatic N) is 3. The molecule has 0 saturated heterocycles. The normalized spacial score (nSPS) is 11.7. The summed E-state index contributed by atoms with van der Waals surface area (Å²) < 4.78 is 26.9. The molecule has 0 spiro atoms. The van der Waals surface area contributed by atoms with Crippen molar-refractivity contribution >= 4 is 8.07 Å². The Kier molecular flexibility index (Phi) is 6.49. The minimum atomic E-state index is -1.15. The van der Waals surface area contributed by atoms with E-state index in [2.05, 4.69) is 24.6 Å². The summed E-state index contributed by atoms with van der Waals surface area (Å²) in [4.78, 5) is 4.12. The van der Waals surface area contributed by atoms with E-state index in [-0.39, 0.29) is 0 Å². The third kappa shape index (κ3) is 5.52. The van der Waals surface area contributed by atoms with Crippen LogP contribution in [-0.4, -0.2) is 36.6 Å². The molecule has 154 valence electrons. The number of pyridine rings is 1. The van der Waals surface area contributed by atoms with Crippen molar-refractivity contribution < 1.29 is 13.9 Å². The van der Waals surface area contributed by atoms with Crippen molar-refractivity contribution in [1.29, 1.82) is 0 Å². The number of methoxy groups -OCH3 is 1. The SMILES string of the molecule is COc1ccc(-c2nn(COCC[Si](C)(C)C)cc2-c2ccc(C)c(F)n2)cc1. The van der Waals surface area contributed by atoms with Gasteiger partial charge in [0.15, 0.2) is 0 Å². The molecule has 0 unspecified atom stereocenters. The number of ether oxygens (including phenoxy) is 2. The zero-order valence-electron chi connectivity index (χ0n) is 17.7. The van der Waals surface area contributed by atoms with Crippen LogP contribution in [0, 0.1) is 12.9 Å². The molecule has 0 bridgehead atoms. The largest absolute Gasteiger partial charge is 0.497 e. The fraction of sp³-hybridized carbons (Fsp3) is 0.364. The topological polar surface area (TPSA) is 49.2 Å². The maximum absolute atomic E-state index is 14.1. The Morgan fingerprint density at radius 1 is 1.07 bits per heavy atom. The molecule has 2 aromatic heterocycles. The van der Waals surface area contributed by atoms with Gasteiger partial charge in [-0.15, -0.1) is 0 Å². The van der Waals surface area contributed by atoms with Gasteiger partial charge in [-0.25, -0.2) is 9.67 Å². The average molecular weight is 414 g/mol. The van der Waals surface area contributed by atoms with E-state index in [0.29, 0.717) is 24.6 Å². The second kappa shape index (κ2) is 8.88. The molecule has 29 heavy (non-hydrogen) atoms. The first kappa shape index (κ1) is 21.2. The fourth-order valence-corrected chi connectivity index (χ4v) is 3.58. The standard InChI is InChI=1S/C22H28FN3O2Si/c1-16-6-11-20(24-22(16)23)19-14-26(15-28-12-13-29(3,4)5)25-21(19)17-7-9-18(27-2)10-8-17/h6-11,14H,12-13,15H2,1-5H3. The van der Waals surface area contributed by atoms with Gasteiger partial charge < -0.3 is 9.47 Å². The van der Waals surface area contributed by atoms with Gasteiger partial charge in [-0.1, -0.05) is 25.7 Å². The molecule has 0 N–H and O–H groups in total. The van der Waals surface area contributed by atoms with Crippen LogP contribution in [0.15, 0.2) is 42.6 Å². The number of benzene rings is 1. The summed E-state index contributed by atoms with van der Waals surface area (Å²) in [5, 5.41) is 4.70. The average Bonchev–Trinajstić information content (AvgIpc) is 3.11. The van der Waals surface area contributed by atoms with Crippen molar-refractivity contribution in [3.8, 4) is 28.3 Å². The monoisotopic (exact) mass is 413 g/mol. The van der Waals surface area contributed by atoms with Crippen molar-refractivity contribution in [2.45, 2.75) is 39.3 Å². The molecule has 0 aliphatic heterocycles. The summed E-state index contributed by atoms with van der Waals surface area (Å²) in [6.07, 6.45) is 1.87. The van der Waals surface area contributed by atoms with Gasteiger partial charge in [0.25, 0.3) is 0 Å². The first-order valence-electron chi connectivity index (χ1n) is 9.70. The van der Waals surface area contributed by atoms with E-state index in [1.54, 1.807) is 24.8 Å². The molecule has 3 rings (SSSR count). The lowest BCUT2D eigenvalue weighted by atomic mass is 10.1. The molecule has 3 aromatic rings. The predicted octanol–water partition coefficient (Wildman–Crippen LogP) is 5.38. The summed E-state index contributed by atoms with van der Waals surface area (Å²) in [6.45, 7) is 9.72. The molecule has 7 heteroatoms. The van der Waals surface area contributed by atoms with Crippen molar-refractivity contribution in [2.75, 3.05) is 13.7 Å². The quantitative estimate of drug-likeness (QED) is 0.283. The maximum Gasteiger partial charge on any atom is 0.216 e. The van der Waals surface area contributed by atoms with Crippen LogP contribution in [0.4, 0.5) is 4.39 Å². The number of halogens is 1. The Morgan fingerprint density at radius 3 is 2.41 bits per heavy atom. The van der Waals surface area contributed by atoms with Crippen LogP contribution in [0.3, 0.4) is 0 Å². The molecule has 2 heterocycles. The third-order valence-electron chi connectivity index (χ3n) is 4.66. The zero-order valence-corrected chi connectivity index (χ0v) is 18.7. The maximum atomic E-state index is 14.1. The van der Waals surface area contributed by atoms with Crippen LogP contribution >= 0.6 is 0 Å². The lowest BCUT2D eigenvalue weighted by Gasteiger charge is -2.15. The lowest BCUT2D eigenvalue weighted by molar-refractivity contribution is 0.0788. The van der Waals surface area contributed by atoms with Crippen molar-refractivity contribution in [3.63, 3.8) is 0 Å². The van der Waals surface area contributed by atoms with Gasteiger partial charge >= 0.3 is 0 Å². The van der Waals surface area contributed by atoms with Crippen LogP contribution in [0.2, 0.25) is 25.7 Å². The molecule has 0 aliphatic rings. The molecule has 0 amide bonds. The Balaban J connectivity index is 1.91. The van der Waals surface area contributed by atoms with E-state index < -0.39 is 14.0 Å². The first-order chi connectivity index (χ1) is 13.8. The number of aryl methyl sites for hydroxylation is 1. The van der Waals surface area contributed by atoms with Crippen LogP contribution in [0.25, 0.3) is 22.5 Å². The van der Waals surface area contributed by atoms with Gasteiger partial charge in [0, 0.05) is 37.6 Å². The van der Waals surface area contributed by atoms with Crippen molar-refractivity contribution in [2.24, 2.45) is 0 Å².